The van der Waals surface area contributed by atoms with Crippen LogP contribution in [0, 0.1) is 0 Å². The van der Waals surface area contributed by atoms with Crippen molar-refractivity contribution in [2.24, 2.45) is 0 Å². The van der Waals surface area contributed by atoms with Gasteiger partial charge in [-0.05, 0) is 36.3 Å². The third-order valence-electron chi connectivity index (χ3n) is 2.49. The average molecular weight is 277 g/mol. The van der Waals surface area contributed by atoms with Gasteiger partial charge in [-0.15, -0.1) is 11.3 Å². The molecule has 1 aromatic rings. The lowest BCUT2D eigenvalue weighted by atomic mass is 10.2. The molecule has 0 aliphatic carbocycles. The van der Waals surface area contributed by atoms with E-state index in [0.29, 0.717) is 19.4 Å². The summed E-state index contributed by atoms with van der Waals surface area (Å²) in [4.78, 5) is 1.08. The third kappa shape index (κ3) is 5.16. The molecule has 98 valence electrons. The average Bonchev–Trinajstić information content (AvgIpc) is 2.74. The van der Waals surface area contributed by atoms with E-state index in [1.807, 2.05) is 11.4 Å². The smallest absolute Gasteiger partial charge is 0.211 e. The molecular weight excluding hydrogens is 258 g/mol. The van der Waals surface area contributed by atoms with Crippen molar-refractivity contribution in [3.05, 3.63) is 21.9 Å². The molecular formula is C11H19NO3S2. The maximum atomic E-state index is 11.6. The van der Waals surface area contributed by atoms with Crippen LogP contribution in [0.5, 0.6) is 0 Å². The number of thiophene rings is 1. The minimum atomic E-state index is -3.21. The Morgan fingerprint density at radius 2 is 2.18 bits per heavy atom. The molecule has 0 aromatic carbocycles. The van der Waals surface area contributed by atoms with E-state index < -0.39 is 10.0 Å². The molecule has 0 fully saturated rings. The van der Waals surface area contributed by atoms with E-state index in [0.717, 1.165) is 11.3 Å². The minimum absolute atomic E-state index is 0.0421. The van der Waals surface area contributed by atoms with Crippen molar-refractivity contribution in [2.45, 2.75) is 32.7 Å². The van der Waals surface area contributed by atoms with Gasteiger partial charge < -0.3 is 5.11 Å². The Hall–Kier alpha value is -0.430. The Balaban J connectivity index is 2.44. The van der Waals surface area contributed by atoms with Crippen LogP contribution < -0.4 is 4.72 Å². The fourth-order valence-corrected chi connectivity index (χ4v) is 3.59. The molecule has 0 spiro atoms. The quantitative estimate of drug-likeness (QED) is 0.708. The number of aliphatic hydroxyl groups excluding tert-OH is 1. The molecule has 0 atom stereocenters. The highest BCUT2D eigenvalue weighted by atomic mass is 32.2. The summed E-state index contributed by atoms with van der Waals surface area (Å²) in [6.45, 7) is 2.48. The van der Waals surface area contributed by atoms with Crippen LogP contribution in [-0.4, -0.2) is 25.9 Å². The summed E-state index contributed by atoms with van der Waals surface area (Å²) in [5.74, 6) is 0.0837. The Bertz CT molecular complexity index is 426. The first kappa shape index (κ1) is 14.6. The molecule has 1 heterocycles. The van der Waals surface area contributed by atoms with E-state index in [1.165, 1.54) is 5.56 Å². The molecule has 17 heavy (non-hydrogen) atoms. The third-order valence-corrected chi connectivity index (χ3v) is 4.87. The van der Waals surface area contributed by atoms with Crippen molar-refractivity contribution in [3.8, 4) is 0 Å². The predicted molar refractivity (Wildman–Crippen MR) is 70.6 cm³/mol. The Kier molecular flexibility index (Phi) is 6.11. The summed E-state index contributed by atoms with van der Waals surface area (Å²) in [6, 6.07) is 2.03. The highest BCUT2D eigenvalue weighted by molar-refractivity contribution is 7.89. The monoisotopic (exact) mass is 277 g/mol. The van der Waals surface area contributed by atoms with Gasteiger partial charge in [0.25, 0.3) is 0 Å². The maximum Gasteiger partial charge on any atom is 0.211 e. The van der Waals surface area contributed by atoms with Gasteiger partial charge in [0, 0.05) is 18.0 Å². The second kappa shape index (κ2) is 7.10. The number of nitrogens with one attached hydrogen (secondary N) is 1. The summed E-state index contributed by atoms with van der Waals surface area (Å²) in [7, 11) is -3.21. The standard InChI is InChI=1S/C11H19NO3S2/c1-2-10-5-7-16-11(10)9-12-17(14,15)8-4-3-6-13/h5,7,12-13H,2-4,6,8-9H2,1H3. The highest BCUT2D eigenvalue weighted by Crippen LogP contribution is 2.17. The van der Waals surface area contributed by atoms with Crippen LogP contribution in [-0.2, 0) is 23.0 Å². The lowest BCUT2D eigenvalue weighted by Gasteiger charge is -2.06. The molecule has 0 saturated heterocycles. The van der Waals surface area contributed by atoms with Gasteiger partial charge in [-0.2, -0.15) is 0 Å². The number of rotatable bonds is 8. The van der Waals surface area contributed by atoms with Crippen LogP contribution in [0.4, 0.5) is 0 Å². The number of aryl methyl sites for hydroxylation is 1. The molecule has 0 aliphatic rings. The lowest BCUT2D eigenvalue weighted by Crippen LogP contribution is -2.26. The van der Waals surface area contributed by atoms with E-state index in [2.05, 4.69) is 11.6 Å². The Morgan fingerprint density at radius 1 is 1.41 bits per heavy atom. The molecule has 2 N–H and O–H groups in total. The second-order valence-corrected chi connectivity index (χ2v) is 6.72. The van der Waals surface area contributed by atoms with Crippen molar-refractivity contribution in [1.29, 1.82) is 0 Å². The van der Waals surface area contributed by atoms with Gasteiger partial charge in [-0.25, -0.2) is 13.1 Å². The van der Waals surface area contributed by atoms with Crippen molar-refractivity contribution >= 4 is 21.4 Å². The van der Waals surface area contributed by atoms with E-state index in [4.69, 9.17) is 5.11 Å². The molecule has 0 amide bonds. The molecule has 0 unspecified atom stereocenters. The summed E-state index contributed by atoms with van der Waals surface area (Å²) >= 11 is 1.58. The lowest BCUT2D eigenvalue weighted by molar-refractivity contribution is 0.287. The van der Waals surface area contributed by atoms with Crippen molar-refractivity contribution < 1.29 is 13.5 Å². The van der Waals surface area contributed by atoms with Gasteiger partial charge in [0.2, 0.25) is 10.0 Å². The van der Waals surface area contributed by atoms with Crippen LogP contribution in [0.15, 0.2) is 11.4 Å². The van der Waals surface area contributed by atoms with Crippen LogP contribution in [0.3, 0.4) is 0 Å². The van der Waals surface area contributed by atoms with Crippen LogP contribution >= 0.6 is 11.3 Å². The fraction of sp³-hybridized carbons (Fsp3) is 0.636. The SMILES string of the molecule is CCc1ccsc1CNS(=O)(=O)CCCCO. The zero-order valence-electron chi connectivity index (χ0n) is 9.98. The number of hydrogen-bond donors (Lipinski definition) is 2. The summed E-state index contributed by atoms with van der Waals surface area (Å²) in [5, 5.41) is 10.6. The van der Waals surface area contributed by atoms with Crippen molar-refractivity contribution in [3.63, 3.8) is 0 Å². The summed E-state index contributed by atoms with van der Waals surface area (Å²) in [6.07, 6.45) is 1.95. The molecule has 0 bridgehead atoms. The predicted octanol–water partition coefficient (Wildman–Crippen LogP) is 1.50. The first-order valence-electron chi connectivity index (χ1n) is 5.72. The fourth-order valence-electron chi connectivity index (χ4n) is 1.49. The second-order valence-electron chi connectivity index (χ2n) is 3.79. The molecule has 4 nitrogen and oxygen atoms in total. The van der Waals surface area contributed by atoms with Crippen molar-refractivity contribution in [1.82, 2.24) is 4.72 Å². The summed E-state index contributed by atoms with van der Waals surface area (Å²) < 4.78 is 25.8. The highest BCUT2D eigenvalue weighted by Gasteiger charge is 2.11. The van der Waals surface area contributed by atoms with Crippen LogP contribution in [0.25, 0.3) is 0 Å². The number of sulfonamides is 1. The van der Waals surface area contributed by atoms with Crippen LogP contribution in [0.2, 0.25) is 0 Å². The maximum absolute atomic E-state index is 11.6. The first-order chi connectivity index (χ1) is 8.09. The molecule has 0 radical (unpaired) electrons. The van der Waals surface area contributed by atoms with Crippen LogP contribution in [0.1, 0.15) is 30.2 Å². The van der Waals surface area contributed by atoms with E-state index in [1.54, 1.807) is 11.3 Å². The molecule has 1 aromatic heterocycles. The number of hydrogen-bond acceptors (Lipinski definition) is 4. The van der Waals surface area contributed by atoms with E-state index >= 15 is 0 Å². The normalized spacial score (nSPS) is 11.9. The van der Waals surface area contributed by atoms with E-state index in [9.17, 15) is 8.42 Å². The molecule has 1 rings (SSSR count). The van der Waals surface area contributed by atoms with E-state index in [-0.39, 0.29) is 12.4 Å². The van der Waals surface area contributed by atoms with Gasteiger partial charge >= 0.3 is 0 Å². The van der Waals surface area contributed by atoms with Gasteiger partial charge in [0.05, 0.1) is 5.75 Å². The number of aliphatic hydroxyl groups is 1. The first-order valence-corrected chi connectivity index (χ1v) is 8.25. The zero-order chi connectivity index (χ0) is 12.7. The van der Waals surface area contributed by atoms with Crippen molar-refractivity contribution in [2.75, 3.05) is 12.4 Å². The molecule has 6 heteroatoms. The number of unbranched alkanes of at least 4 members (excludes halogenated alkanes) is 1. The molecule has 0 saturated carbocycles. The Labute approximate surface area is 107 Å². The summed E-state index contributed by atoms with van der Waals surface area (Å²) in [5.41, 5.74) is 1.20. The van der Waals surface area contributed by atoms with Gasteiger partial charge in [-0.1, -0.05) is 6.92 Å². The van der Waals surface area contributed by atoms with Gasteiger partial charge in [0.1, 0.15) is 0 Å². The zero-order valence-corrected chi connectivity index (χ0v) is 11.6. The Morgan fingerprint density at radius 3 is 2.82 bits per heavy atom. The minimum Gasteiger partial charge on any atom is -0.396 e. The topological polar surface area (TPSA) is 66.4 Å². The van der Waals surface area contributed by atoms with Gasteiger partial charge in [0.15, 0.2) is 0 Å². The largest absolute Gasteiger partial charge is 0.396 e. The molecule has 0 aliphatic heterocycles. The van der Waals surface area contributed by atoms with Gasteiger partial charge in [-0.3, -0.25) is 0 Å².